The highest BCUT2D eigenvalue weighted by Crippen LogP contribution is 2.76. The first kappa shape index (κ1) is 52.4. The lowest BCUT2D eigenvalue weighted by molar-refractivity contribution is -0.383. The minimum Gasteiger partial charge on any atom is -0.481 e. The second kappa shape index (κ2) is 18.5. The maximum Gasteiger partial charge on any atom is 0.335 e. The molecule has 3 saturated heterocycles. The molecule has 8 rings (SSSR count). The monoisotopic (exact) mass is 972 g/mol. The van der Waals surface area contributed by atoms with Crippen molar-refractivity contribution in [2.45, 2.75) is 204 Å². The highest BCUT2D eigenvalue weighted by atomic mass is 16.8. The van der Waals surface area contributed by atoms with Crippen molar-refractivity contribution in [1.29, 1.82) is 0 Å². The van der Waals surface area contributed by atoms with Crippen molar-refractivity contribution in [3.8, 4) is 0 Å². The lowest BCUT2D eigenvalue weighted by atomic mass is 9.33. The first-order valence-electron chi connectivity index (χ1n) is 24.5. The summed E-state index contributed by atoms with van der Waals surface area (Å²) in [5.41, 5.74) is -1.17. The fourth-order valence-corrected chi connectivity index (χ4v) is 15.1. The molecule has 0 amide bonds. The van der Waals surface area contributed by atoms with Crippen LogP contribution in [0.15, 0.2) is 11.6 Å². The van der Waals surface area contributed by atoms with Crippen molar-refractivity contribution < 1.29 is 99.3 Å². The fourth-order valence-electron chi connectivity index (χ4n) is 15.1. The molecule has 0 spiro atoms. The zero-order valence-electron chi connectivity index (χ0n) is 39.9. The van der Waals surface area contributed by atoms with Gasteiger partial charge in [-0.15, -0.1) is 0 Å². The van der Waals surface area contributed by atoms with Gasteiger partial charge in [0, 0.05) is 5.41 Å². The van der Waals surface area contributed by atoms with E-state index in [0.717, 1.165) is 32.1 Å². The van der Waals surface area contributed by atoms with Gasteiger partial charge in [-0.1, -0.05) is 53.2 Å². The van der Waals surface area contributed by atoms with Crippen molar-refractivity contribution in [3.63, 3.8) is 0 Å². The second-order valence-electron chi connectivity index (χ2n) is 23.4. The van der Waals surface area contributed by atoms with Gasteiger partial charge in [0.15, 0.2) is 25.0 Å². The summed E-state index contributed by atoms with van der Waals surface area (Å²) in [6.07, 6.45) is -19.3. The van der Waals surface area contributed by atoms with E-state index in [4.69, 9.17) is 28.4 Å². The smallest absolute Gasteiger partial charge is 0.335 e. The highest BCUT2D eigenvalue weighted by molar-refractivity contribution is 5.76. The number of aliphatic hydroxyl groups is 10. The van der Waals surface area contributed by atoms with E-state index in [9.17, 15) is 70.9 Å². The summed E-state index contributed by atoms with van der Waals surface area (Å²) in [7, 11) is 0. The second-order valence-corrected chi connectivity index (χ2v) is 23.4. The Hall–Kier alpha value is -1.96. The number of rotatable bonds is 11. The number of carboxylic acid groups (broad SMARTS) is 2. The van der Waals surface area contributed by atoms with Crippen molar-refractivity contribution in [2.75, 3.05) is 19.8 Å². The molecule has 3 aliphatic heterocycles. The molecule has 388 valence electrons. The predicted molar refractivity (Wildman–Crippen MR) is 233 cm³/mol. The number of carboxylic acids is 2. The number of aliphatic hydroxyl groups excluding tert-OH is 10. The highest BCUT2D eigenvalue weighted by Gasteiger charge is 2.70. The molecule has 0 aromatic heterocycles. The molecule has 0 radical (unpaired) electrons. The van der Waals surface area contributed by atoms with Crippen LogP contribution in [0.1, 0.15) is 106 Å². The molecule has 3 heterocycles. The Labute approximate surface area is 396 Å². The fraction of sp³-hybridized carbons (Fsp3) is 0.917. The minimum absolute atomic E-state index is 0.0192. The van der Waals surface area contributed by atoms with Gasteiger partial charge in [-0.25, -0.2) is 4.79 Å². The Morgan fingerprint density at radius 1 is 0.632 bits per heavy atom. The van der Waals surface area contributed by atoms with Crippen LogP contribution in [-0.4, -0.2) is 191 Å². The number of hydrogen-bond donors (Lipinski definition) is 12. The van der Waals surface area contributed by atoms with Gasteiger partial charge in [0.25, 0.3) is 0 Å². The Balaban J connectivity index is 1.02. The third kappa shape index (κ3) is 8.03. The number of carbonyl (C=O) groups is 2. The van der Waals surface area contributed by atoms with E-state index in [1.165, 1.54) is 5.57 Å². The zero-order valence-corrected chi connectivity index (χ0v) is 39.9. The molecule has 8 aliphatic rings. The Morgan fingerprint density at radius 3 is 1.79 bits per heavy atom. The number of ether oxygens (including phenoxy) is 6. The lowest BCUT2D eigenvalue weighted by Gasteiger charge is -2.71. The van der Waals surface area contributed by atoms with Gasteiger partial charge >= 0.3 is 11.9 Å². The molecular formula is C48H76O20. The van der Waals surface area contributed by atoms with Gasteiger partial charge < -0.3 is 89.7 Å². The maximum absolute atomic E-state index is 13.1. The van der Waals surface area contributed by atoms with Gasteiger partial charge in [-0.2, -0.15) is 0 Å². The minimum atomic E-state index is -2.11. The largest absolute Gasteiger partial charge is 0.481 e. The van der Waals surface area contributed by atoms with Crippen LogP contribution in [0.25, 0.3) is 0 Å². The summed E-state index contributed by atoms with van der Waals surface area (Å²) in [6.45, 7) is 11.4. The van der Waals surface area contributed by atoms with Crippen LogP contribution in [-0.2, 0) is 38.0 Å². The first-order chi connectivity index (χ1) is 31.8. The van der Waals surface area contributed by atoms with Crippen molar-refractivity contribution in [2.24, 2.45) is 50.2 Å². The van der Waals surface area contributed by atoms with Crippen LogP contribution >= 0.6 is 0 Å². The Bertz CT molecular complexity index is 1900. The predicted octanol–water partition coefficient (Wildman–Crippen LogP) is -0.229. The summed E-state index contributed by atoms with van der Waals surface area (Å²) < 4.78 is 34.9. The van der Waals surface area contributed by atoms with E-state index in [1.807, 2.05) is 6.92 Å². The number of allylic oxidation sites excluding steroid dienone is 2. The standard InChI is InChI=1S/C48H76O20/c1-43(2)13-15-48(42(61)62)16-14-46(5)21(22(48)17-43)7-8-26-44(3)11-10-27(45(4,20-51)25(44)9-12-47(26,46)6)65-41-34(58)36(32(56)37(68-41)38(59)60)67-40-33(57)35(29(53)24(19-50)64-40)66-39-31(55)30(54)28(52)23(18-49)63-39/h7,22-37,39-41,49-58H,8-20H2,1-6H3,(H,59,60)(H,61,62)/t22-,23+,24+,25+,26+,27-,28-,29-,30-,31+,32-,33+,34+,35-,36-,37-,39-,40-,41+,44-,45-,46+,47+,48-/m0/s1. The number of fused-ring (bicyclic) bond motifs is 7. The van der Waals surface area contributed by atoms with Crippen molar-refractivity contribution >= 4 is 11.9 Å². The van der Waals surface area contributed by atoms with E-state index in [2.05, 4.69) is 40.7 Å². The van der Waals surface area contributed by atoms with Gasteiger partial charge in [0.2, 0.25) is 0 Å². The van der Waals surface area contributed by atoms with Crippen molar-refractivity contribution in [3.05, 3.63) is 11.6 Å². The van der Waals surface area contributed by atoms with Gasteiger partial charge in [-0.05, 0) is 104 Å². The van der Waals surface area contributed by atoms with E-state index < -0.39 is 134 Å². The van der Waals surface area contributed by atoms with Crippen LogP contribution in [0.5, 0.6) is 0 Å². The molecular weight excluding hydrogens is 897 g/mol. The molecule has 20 heteroatoms. The van der Waals surface area contributed by atoms with Crippen molar-refractivity contribution in [1.82, 2.24) is 0 Å². The molecule has 12 N–H and O–H groups in total. The van der Waals surface area contributed by atoms with E-state index in [-0.39, 0.29) is 46.0 Å². The Morgan fingerprint density at radius 2 is 1.21 bits per heavy atom. The summed E-state index contributed by atoms with van der Waals surface area (Å²) in [6, 6.07) is 0. The van der Waals surface area contributed by atoms with Gasteiger partial charge in [0.1, 0.15) is 67.1 Å². The number of hydrogen-bond acceptors (Lipinski definition) is 18. The Kier molecular flexibility index (Phi) is 14.3. The van der Waals surface area contributed by atoms with E-state index in [0.29, 0.717) is 32.1 Å². The van der Waals surface area contributed by atoms with Crippen LogP contribution in [0.4, 0.5) is 0 Å². The first-order valence-corrected chi connectivity index (χ1v) is 24.5. The molecule has 0 unspecified atom stereocenters. The molecule has 7 fully saturated rings. The summed E-state index contributed by atoms with van der Waals surface area (Å²) in [5.74, 6) is -2.34. The average molecular weight is 973 g/mol. The number of aliphatic carboxylic acids is 2. The molecule has 68 heavy (non-hydrogen) atoms. The van der Waals surface area contributed by atoms with Crippen LogP contribution < -0.4 is 0 Å². The van der Waals surface area contributed by atoms with Crippen LogP contribution in [0, 0.1) is 50.2 Å². The lowest BCUT2D eigenvalue weighted by Crippen LogP contribution is -2.68. The molecule has 4 saturated carbocycles. The topological polar surface area (TPSA) is 332 Å². The molecule has 0 aromatic rings. The van der Waals surface area contributed by atoms with Crippen LogP contribution in [0.2, 0.25) is 0 Å². The van der Waals surface area contributed by atoms with E-state index >= 15 is 0 Å². The normalized spacial score (nSPS) is 53.5. The third-order valence-electron chi connectivity index (χ3n) is 19.5. The molecule has 20 nitrogen and oxygen atoms in total. The molecule has 0 aromatic carbocycles. The summed E-state index contributed by atoms with van der Waals surface area (Å²) in [4.78, 5) is 25.7. The molecule has 24 atom stereocenters. The molecule has 5 aliphatic carbocycles. The summed E-state index contributed by atoms with van der Waals surface area (Å²) in [5, 5.41) is 129. The van der Waals surface area contributed by atoms with Gasteiger partial charge in [0.05, 0.1) is 31.3 Å². The van der Waals surface area contributed by atoms with Gasteiger partial charge in [-0.3, -0.25) is 4.79 Å². The maximum atomic E-state index is 13.1. The summed E-state index contributed by atoms with van der Waals surface area (Å²) >= 11 is 0. The quantitative estimate of drug-likeness (QED) is 0.0940. The zero-order chi connectivity index (χ0) is 49.8. The SMILES string of the molecule is CC1(C)CC[C@]2(C(=O)O)CC[C@]3(C)C(=CC[C@@H]4[C@@]5(C)CC[C@H](O[C@@H]6O[C@H](C(=O)O)[C@@H](O)[C@H](O[C@@H]7O[C@H](CO)[C@H](O)[C@H](O[C@@H]8O[C@H](CO)[C@H](O)[C@H](O)[C@H]8O)[C@H]7O)[C@H]6O)[C@@](C)(CO)[C@@H]5CC[C@]43C)[C@@H]2C1. The van der Waals surface area contributed by atoms with E-state index in [1.54, 1.807) is 0 Å². The third-order valence-corrected chi connectivity index (χ3v) is 19.5. The average Bonchev–Trinajstić information content (AvgIpc) is 3.28. The molecule has 0 bridgehead atoms. The van der Waals surface area contributed by atoms with Crippen LogP contribution in [0.3, 0.4) is 0 Å².